The second-order valence-electron chi connectivity index (χ2n) is 10.5. The maximum atomic E-state index is 13.4. The highest BCUT2D eigenvalue weighted by Crippen LogP contribution is 2.35. The third-order valence-electron chi connectivity index (χ3n) is 8.21. The Balaban J connectivity index is 1.40. The molecule has 8 heteroatoms. The number of rotatable bonds is 5. The fraction of sp³-hybridized carbons (Fsp3) is 0.464. The molecule has 4 heterocycles. The Morgan fingerprint density at radius 3 is 2.56 bits per heavy atom. The van der Waals surface area contributed by atoms with Gasteiger partial charge in [-0.3, -0.25) is 14.1 Å². The summed E-state index contributed by atoms with van der Waals surface area (Å²) in [4.78, 5) is 27.4. The molecule has 0 radical (unpaired) electrons. The molecule has 1 aliphatic carbocycles. The van der Waals surface area contributed by atoms with E-state index in [0.29, 0.717) is 6.04 Å². The van der Waals surface area contributed by atoms with E-state index in [2.05, 4.69) is 59.2 Å². The largest absolute Gasteiger partial charge is 0.381 e. The van der Waals surface area contributed by atoms with Crippen LogP contribution in [-0.4, -0.2) is 70.4 Å². The Morgan fingerprint density at radius 1 is 1.03 bits per heavy atom. The van der Waals surface area contributed by atoms with Crippen molar-refractivity contribution in [1.82, 2.24) is 24.0 Å². The molecule has 2 atom stereocenters. The summed E-state index contributed by atoms with van der Waals surface area (Å²) >= 11 is 0. The maximum absolute atomic E-state index is 13.4. The molecule has 4 aromatic rings. The SMILES string of the molecule is CO[C@@H]1CCC[C@@H](n2c(=O)n(C)c3cnc4ccc(-c5ccc(N6CC(N(C)C)C6)nc5)cc4c32)C1. The van der Waals surface area contributed by atoms with Gasteiger partial charge in [-0.05, 0) is 69.6 Å². The van der Waals surface area contributed by atoms with Crippen molar-refractivity contribution in [3.05, 3.63) is 53.2 Å². The van der Waals surface area contributed by atoms with Crippen LogP contribution >= 0.6 is 0 Å². The van der Waals surface area contributed by atoms with Crippen LogP contribution in [0.1, 0.15) is 31.7 Å². The molecule has 0 spiro atoms. The van der Waals surface area contributed by atoms with Gasteiger partial charge >= 0.3 is 5.69 Å². The van der Waals surface area contributed by atoms with Gasteiger partial charge in [-0.25, -0.2) is 9.78 Å². The highest BCUT2D eigenvalue weighted by Gasteiger charge is 2.29. The van der Waals surface area contributed by atoms with Gasteiger partial charge < -0.3 is 14.5 Å². The van der Waals surface area contributed by atoms with Crippen LogP contribution in [0.4, 0.5) is 5.82 Å². The van der Waals surface area contributed by atoms with Crippen molar-refractivity contribution in [1.29, 1.82) is 0 Å². The molecule has 0 N–H and O–H groups in total. The summed E-state index contributed by atoms with van der Waals surface area (Å²) in [7, 11) is 7.86. The molecule has 0 amide bonds. The number of methoxy groups -OCH3 is 1. The van der Waals surface area contributed by atoms with E-state index in [4.69, 9.17) is 9.72 Å². The van der Waals surface area contributed by atoms with Crippen LogP contribution in [0.2, 0.25) is 0 Å². The predicted molar refractivity (Wildman–Crippen MR) is 144 cm³/mol. The summed E-state index contributed by atoms with van der Waals surface area (Å²) in [5.74, 6) is 1.02. The van der Waals surface area contributed by atoms with E-state index < -0.39 is 0 Å². The molecule has 1 aromatic carbocycles. The lowest BCUT2D eigenvalue weighted by molar-refractivity contribution is 0.0531. The van der Waals surface area contributed by atoms with Gasteiger partial charge in [-0.15, -0.1) is 0 Å². The number of benzene rings is 1. The third kappa shape index (κ3) is 3.79. The topological polar surface area (TPSA) is 68.4 Å². The number of pyridine rings is 2. The Kier molecular flexibility index (Phi) is 5.80. The zero-order valence-corrected chi connectivity index (χ0v) is 21.5. The van der Waals surface area contributed by atoms with E-state index in [9.17, 15) is 4.79 Å². The minimum Gasteiger partial charge on any atom is -0.381 e. The van der Waals surface area contributed by atoms with Crippen molar-refractivity contribution < 1.29 is 4.74 Å². The molecule has 8 nitrogen and oxygen atoms in total. The second kappa shape index (κ2) is 9.01. The lowest BCUT2D eigenvalue weighted by atomic mass is 9.92. The molecule has 1 aliphatic heterocycles. The van der Waals surface area contributed by atoms with Crippen LogP contribution in [0.3, 0.4) is 0 Å². The minimum atomic E-state index is 0.0167. The van der Waals surface area contributed by atoms with Gasteiger partial charge in [0.15, 0.2) is 0 Å². The van der Waals surface area contributed by atoms with E-state index >= 15 is 0 Å². The Morgan fingerprint density at radius 2 is 1.83 bits per heavy atom. The molecule has 0 bridgehead atoms. The van der Waals surface area contributed by atoms with Crippen molar-refractivity contribution in [2.75, 3.05) is 39.2 Å². The zero-order valence-electron chi connectivity index (χ0n) is 21.5. The summed E-state index contributed by atoms with van der Waals surface area (Å²) in [6.45, 7) is 2.02. The van der Waals surface area contributed by atoms with Crippen LogP contribution < -0.4 is 10.6 Å². The Labute approximate surface area is 211 Å². The number of aromatic nitrogens is 4. The number of anilines is 1. The van der Waals surface area contributed by atoms with E-state index in [1.54, 1.807) is 11.7 Å². The molecular weight excluding hydrogens is 452 g/mol. The first kappa shape index (κ1) is 23.2. The number of ether oxygens (including phenoxy) is 1. The van der Waals surface area contributed by atoms with E-state index in [1.165, 1.54) is 0 Å². The number of likely N-dealkylation sites (N-methyl/N-ethyl adjacent to an activating group) is 1. The van der Waals surface area contributed by atoms with E-state index in [1.807, 2.05) is 24.0 Å². The number of imidazole rings is 1. The van der Waals surface area contributed by atoms with Gasteiger partial charge in [0.1, 0.15) is 5.82 Å². The first-order valence-electron chi connectivity index (χ1n) is 12.8. The normalized spacial score (nSPS) is 21.0. The molecule has 1 saturated heterocycles. The number of aryl methyl sites for hydroxylation is 1. The minimum absolute atomic E-state index is 0.0167. The second-order valence-corrected chi connectivity index (χ2v) is 10.5. The van der Waals surface area contributed by atoms with E-state index in [-0.39, 0.29) is 17.8 Å². The molecule has 36 heavy (non-hydrogen) atoms. The van der Waals surface area contributed by atoms with Crippen molar-refractivity contribution in [2.45, 2.75) is 43.9 Å². The average molecular weight is 487 g/mol. The molecule has 0 unspecified atom stereocenters. The summed E-state index contributed by atoms with van der Waals surface area (Å²) in [6.07, 6.45) is 7.93. The number of hydrogen-bond acceptors (Lipinski definition) is 6. The first-order valence-corrected chi connectivity index (χ1v) is 12.8. The lowest BCUT2D eigenvalue weighted by Crippen LogP contribution is -2.57. The monoisotopic (exact) mass is 486 g/mol. The highest BCUT2D eigenvalue weighted by molar-refractivity contribution is 6.04. The quantitative estimate of drug-likeness (QED) is 0.427. The Bertz CT molecular complexity index is 1470. The van der Waals surface area contributed by atoms with Crippen molar-refractivity contribution in [3.8, 4) is 11.1 Å². The van der Waals surface area contributed by atoms with Gasteiger partial charge in [0, 0.05) is 56.5 Å². The van der Waals surface area contributed by atoms with Crippen LogP contribution in [0, 0.1) is 0 Å². The maximum Gasteiger partial charge on any atom is 0.329 e. The first-order chi connectivity index (χ1) is 17.4. The number of hydrogen-bond donors (Lipinski definition) is 0. The molecule has 6 rings (SSSR count). The molecule has 2 fully saturated rings. The standard InChI is InChI=1S/C28H34N6O2/c1-31(2)21-16-33(17-21)26-11-9-19(14-30-26)18-8-10-24-23(12-18)27-25(15-29-24)32(3)28(35)34(27)20-6-5-7-22(13-20)36-4/h8-12,14-15,20-22H,5-7,13,16-17H2,1-4H3/t20-,22-/m1/s1. The smallest absolute Gasteiger partial charge is 0.329 e. The van der Waals surface area contributed by atoms with Crippen LogP contribution in [-0.2, 0) is 11.8 Å². The van der Waals surface area contributed by atoms with Gasteiger partial charge in [0.05, 0.1) is 28.9 Å². The molecule has 1 saturated carbocycles. The van der Waals surface area contributed by atoms with Gasteiger partial charge in [0.25, 0.3) is 0 Å². The third-order valence-corrected chi connectivity index (χ3v) is 8.21. The van der Waals surface area contributed by atoms with Crippen molar-refractivity contribution in [3.63, 3.8) is 0 Å². The highest BCUT2D eigenvalue weighted by atomic mass is 16.5. The molecule has 2 aliphatic rings. The fourth-order valence-electron chi connectivity index (χ4n) is 5.83. The van der Waals surface area contributed by atoms with Crippen molar-refractivity contribution >= 4 is 27.8 Å². The van der Waals surface area contributed by atoms with Gasteiger partial charge in [0.2, 0.25) is 0 Å². The summed E-state index contributed by atoms with van der Waals surface area (Å²) in [5, 5.41) is 1.00. The summed E-state index contributed by atoms with van der Waals surface area (Å²) < 4.78 is 9.41. The van der Waals surface area contributed by atoms with Crippen molar-refractivity contribution in [2.24, 2.45) is 7.05 Å². The summed E-state index contributed by atoms with van der Waals surface area (Å²) in [6, 6.07) is 11.3. The van der Waals surface area contributed by atoms with Crippen LogP contribution in [0.15, 0.2) is 47.5 Å². The summed E-state index contributed by atoms with van der Waals surface area (Å²) in [5.41, 5.74) is 4.88. The number of fused-ring (bicyclic) bond motifs is 3. The Hall–Kier alpha value is -3.23. The molecule has 188 valence electrons. The lowest BCUT2D eigenvalue weighted by Gasteiger charge is -2.43. The predicted octanol–water partition coefficient (Wildman–Crippen LogP) is 3.83. The molecule has 3 aromatic heterocycles. The van der Waals surface area contributed by atoms with Crippen LogP contribution in [0.5, 0.6) is 0 Å². The van der Waals surface area contributed by atoms with Gasteiger partial charge in [-0.1, -0.05) is 6.07 Å². The van der Waals surface area contributed by atoms with Gasteiger partial charge in [-0.2, -0.15) is 0 Å². The van der Waals surface area contributed by atoms with Crippen LogP contribution in [0.25, 0.3) is 33.1 Å². The fourth-order valence-corrected chi connectivity index (χ4v) is 5.83. The zero-order chi connectivity index (χ0) is 25.0. The average Bonchev–Trinajstić information content (AvgIpc) is 3.13. The van der Waals surface area contributed by atoms with E-state index in [0.717, 1.165) is 77.7 Å². The molecular formula is C28H34N6O2. The number of nitrogens with zero attached hydrogens (tertiary/aromatic N) is 6.